The van der Waals surface area contributed by atoms with Crippen molar-refractivity contribution in [1.29, 1.82) is 0 Å². The third kappa shape index (κ3) is 2.91. The molecule has 2 N–H and O–H groups in total. The van der Waals surface area contributed by atoms with Gasteiger partial charge >= 0.3 is 0 Å². The third-order valence-corrected chi connectivity index (χ3v) is 3.60. The minimum atomic E-state index is -1.19. The summed E-state index contributed by atoms with van der Waals surface area (Å²) >= 11 is 0. The fourth-order valence-electron chi connectivity index (χ4n) is 2.40. The van der Waals surface area contributed by atoms with Crippen LogP contribution >= 0.6 is 0 Å². The molecular formula is C13H17F3N2O. The van der Waals surface area contributed by atoms with Crippen molar-refractivity contribution < 1.29 is 17.9 Å². The average molecular weight is 274 g/mol. The van der Waals surface area contributed by atoms with Crippen LogP contribution in [0, 0.1) is 17.5 Å². The first-order valence-corrected chi connectivity index (χ1v) is 6.18. The molecule has 0 spiro atoms. The minimum Gasteiger partial charge on any atom is -0.380 e. The Morgan fingerprint density at radius 2 is 2.00 bits per heavy atom. The molecule has 3 nitrogen and oxygen atoms in total. The van der Waals surface area contributed by atoms with Crippen LogP contribution in [0.4, 0.5) is 13.2 Å². The molecule has 6 heteroatoms. The fourth-order valence-corrected chi connectivity index (χ4v) is 2.40. The number of nitrogens with zero attached hydrogens (tertiary/aromatic N) is 1. The highest BCUT2D eigenvalue weighted by atomic mass is 19.2. The smallest absolute Gasteiger partial charge is 0.161 e. The van der Waals surface area contributed by atoms with Crippen LogP contribution in [0.1, 0.15) is 18.0 Å². The summed E-state index contributed by atoms with van der Waals surface area (Å²) in [6, 6.07) is 1.06. The summed E-state index contributed by atoms with van der Waals surface area (Å²) in [6.07, 6.45) is 0.818. The lowest BCUT2D eigenvalue weighted by Gasteiger charge is -2.32. The second kappa shape index (κ2) is 5.90. The van der Waals surface area contributed by atoms with Crippen molar-refractivity contribution in [2.45, 2.75) is 18.5 Å². The first kappa shape index (κ1) is 14.3. The topological polar surface area (TPSA) is 38.5 Å². The minimum absolute atomic E-state index is 0.0794. The molecular weight excluding hydrogens is 257 g/mol. The van der Waals surface area contributed by atoms with Gasteiger partial charge in [-0.15, -0.1) is 0 Å². The molecule has 2 rings (SSSR count). The van der Waals surface area contributed by atoms with E-state index in [1.54, 1.807) is 7.05 Å². The van der Waals surface area contributed by atoms with E-state index in [-0.39, 0.29) is 18.2 Å². The van der Waals surface area contributed by atoms with Crippen LogP contribution in [0.25, 0.3) is 0 Å². The summed E-state index contributed by atoms with van der Waals surface area (Å²) in [5.41, 5.74) is 5.74. The van der Waals surface area contributed by atoms with Crippen molar-refractivity contribution in [3.63, 3.8) is 0 Å². The third-order valence-electron chi connectivity index (χ3n) is 3.60. The Balaban J connectivity index is 2.28. The molecule has 0 aliphatic carbocycles. The lowest BCUT2D eigenvalue weighted by atomic mass is 10.0. The molecule has 2 atom stereocenters. The van der Waals surface area contributed by atoms with Gasteiger partial charge < -0.3 is 10.5 Å². The van der Waals surface area contributed by atoms with E-state index in [2.05, 4.69) is 0 Å². The van der Waals surface area contributed by atoms with Crippen LogP contribution in [0.15, 0.2) is 12.1 Å². The second-order valence-corrected chi connectivity index (χ2v) is 4.72. The van der Waals surface area contributed by atoms with E-state index >= 15 is 0 Å². The van der Waals surface area contributed by atoms with Gasteiger partial charge in [0.15, 0.2) is 11.6 Å². The molecule has 2 unspecified atom stereocenters. The van der Waals surface area contributed by atoms with E-state index in [9.17, 15) is 13.2 Å². The number of ether oxygens (including phenoxy) is 1. The summed E-state index contributed by atoms with van der Waals surface area (Å²) in [4.78, 5) is 1.86. The molecule has 1 aromatic carbocycles. The van der Waals surface area contributed by atoms with Gasteiger partial charge in [0.05, 0.1) is 12.6 Å². The van der Waals surface area contributed by atoms with Crippen molar-refractivity contribution in [2.24, 2.45) is 5.73 Å². The summed E-state index contributed by atoms with van der Waals surface area (Å²) < 4.78 is 45.3. The predicted octanol–water partition coefficient (Wildman–Crippen LogP) is 1.82. The zero-order valence-corrected chi connectivity index (χ0v) is 10.7. The maximum atomic E-state index is 13.8. The SMILES string of the molecule is CN(C1CCOC1)C(CN)c1cc(F)c(F)cc1F. The second-order valence-electron chi connectivity index (χ2n) is 4.72. The van der Waals surface area contributed by atoms with E-state index in [1.165, 1.54) is 0 Å². The number of halogens is 3. The molecule has 0 saturated carbocycles. The van der Waals surface area contributed by atoms with Crippen molar-refractivity contribution in [3.8, 4) is 0 Å². The fraction of sp³-hybridized carbons (Fsp3) is 0.538. The molecule has 1 aromatic rings. The van der Waals surface area contributed by atoms with Gasteiger partial charge in [-0.1, -0.05) is 0 Å². The van der Waals surface area contributed by atoms with Gasteiger partial charge in [0, 0.05) is 30.8 Å². The average Bonchev–Trinajstić information content (AvgIpc) is 2.90. The summed E-state index contributed by atoms with van der Waals surface area (Å²) in [6.45, 7) is 1.31. The zero-order valence-electron chi connectivity index (χ0n) is 10.7. The van der Waals surface area contributed by atoms with Crippen molar-refractivity contribution >= 4 is 0 Å². The van der Waals surface area contributed by atoms with Gasteiger partial charge in [0.1, 0.15) is 5.82 Å². The summed E-state index contributed by atoms with van der Waals surface area (Å²) in [7, 11) is 1.79. The summed E-state index contributed by atoms with van der Waals surface area (Å²) in [5, 5.41) is 0. The van der Waals surface area contributed by atoms with E-state index in [1.807, 2.05) is 4.90 Å². The van der Waals surface area contributed by atoms with Gasteiger partial charge in [0.2, 0.25) is 0 Å². The molecule has 106 valence electrons. The van der Waals surface area contributed by atoms with E-state index in [0.29, 0.717) is 19.3 Å². The molecule has 0 bridgehead atoms. The standard InChI is InChI=1S/C13H17F3N2O/c1-18(8-2-3-19-7-8)13(6-17)9-4-11(15)12(16)5-10(9)14/h4-5,8,13H,2-3,6-7,17H2,1H3. The Labute approximate surface area is 110 Å². The van der Waals surface area contributed by atoms with Crippen LogP contribution in [0.5, 0.6) is 0 Å². The van der Waals surface area contributed by atoms with Crippen LogP contribution in [-0.4, -0.2) is 37.7 Å². The molecule has 1 aliphatic rings. The van der Waals surface area contributed by atoms with Gasteiger partial charge in [0.25, 0.3) is 0 Å². The quantitative estimate of drug-likeness (QED) is 0.851. The highest BCUT2D eigenvalue weighted by molar-refractivity contribution is 5.24. The van der Waals surface area contributed by atoms with Gasteiger partial charge in [-0.3, -0.25) is 4.90 Å². The molecule has 0 radical (unpaired) electrons. The molecule has 0 aromatic heterocycles. The van der Waals surface area contributed by atoms with Crippen LogP contribution < -0.4 is 5.73 Å². The van der Waals surface area contributed by atoms with Gasteiger partial charge in [-0.2, -0.15) is 0 Å². The number of rotatable bonds is 4. The number of nitrogens with two attached hydrogens (primary N) is 1. The maximum absolute atomic E-state index is 13.8. The predicted molar refractivity (Wildman–Crippen MR) is 65.1 cm³/mol. The number of hydrogen-bond donors (Lipinski definition) is 1. The molecule has 1 aliphatic heterocycles. The Morgan fingerprint density at radius 1 is 1.32 bits per heavy atom. The molecule has 1 saturated heterocycles. The van der Waals surface area contributed by atoms with Crippen LogP contribution in [0.3, 0.4) is 0 Å². The maximum Gasteiger partial charge on any atom is 0.161 e. The largest absolute Gasteiger partial charge is 0.380 e. The van der Waals surface area contributed by atoms with Gasteiger partial charge in [-0.05, 0) is 19.5 Å². The Morgan fingerprint density at radius 3 is 2.58 bits per heavy atom. The monoisotopic (exact) mass is 274 g/mol. The highest BCUT2D eigenvalue weighted by Crippen LogP contribution is 2.27. The van der Waals surface area contributed by atoms with Crippen LogP contribution in [-0.2, 0) is 4.74 Å². The van der Waals surface area contributed by atoms with Crippen molar-refractivity contribution in [2.75, 3.05) is 26.8 Å². The number of benzene rings is 1. The molecule has 1 heterocycles. The number of hydrogen-bond acceptors (Lipinski definition) is 3. The molecule has 1 fully saturated rings. The normalized spacial score (nSPS) is 21.1. The lowest BCUT2D eigenvalue weighted by Crippen LogP contribution is -2.39. The van der Waals surface area contributed by atoms with E-state index in [4.69, 9.17) is 10.5 Å². The Kier molecular flexibility index (Phi) is 4.44. The first-order valence-electron chi connectivity index (χ1n) is 6.18. The van der Waals surface area contributed by atoms with Crippen LogP contribution in [0.2, 0.25) is 0 Å². The van der Waals surface area contributed by atoms with Crippen molar-refractivity contribution in [3.05, 3.63) is 35.1 Å². The van der Waals surface area contributed by atoms with Gasteiger partial charge in [-0.25, -0.2) is 13.2 Å². The lowest BCUT2D eigenvalue weighted by molar-refractivity contribution is 0.133. The Hall–Kier alpha value is -1.11. The van der Waals surface area contributed by atoms with Crippen molar-refractivity contribution in [1.82, 2.24) is 4.90 Å². The summed E-state index contributed by atoms with van der Waals surface area (Å²) in [5.74, 6) is -3.03. The molecule has 19 heavy (non-hydrogen) atoms. The Bertz CT molecular complexity index is 450. The zero-order chi connectivity index (χ0) is 14.0. The van der Waals surface area contributed by atoms with E-state index in [0.717, 1.165) is 12.5 Å². The molecule has 0 amide bonds. The highest BCUT2D eigenvalue weighted by Gasteiger charge is 2.28. The van der Waals surface area contributed by atoms with E-state index < -0.39 is 23.5 Å². The first-order chi connectivity index (χ1) is 9.04. The number of likely N-dealkylation sites (N-methyl/N-ethyl adjacent to an activating group) is 1.